The van der Waals surface area contributed by atoms with Crippen molar-refractivity contribution >= 4 is 89.5 Å². The summed E-state index contributed by atoms with van der Waals surface area (Å²) in [5, 5.41) is 9.43. The van der Waals surface area contributed by atoms with Gasteiger partial charge >= 0.3 is 0 Å². The van der Waals surface area contributed by atoms with Crippen LogP contribution in [0, 0.1) is 0 Å². The monoisotopic (exact) mass is 665 g/mol. The minimum Gasteiger partial charge on any atom is -0.455 e. The van der Waals surface area contributed by atoms with Crippen LogP contribution in [0.4, 0.5) is 17.1 Å². The van der Waals surface area contributed by atoms with Crippen LogP contribution >= 0.6 is 0 Å². The fourth-order valence-corrected chi connectivity index (χ4v) is 8.32. The molecule has 0 atom stereocenters. The zero-order valence-electron chi connectivity index (χ0n) is 28.8. The van der Waals surface area contributed by atoms with E-state index >= 15 is 0 Å². The van der Waals surface area contributed by atoms with Crippen LogP contribution in [0.15, 0.2) is 163 Å². The maximum atomic E-state index is 6.69. The van der Waals surface area contributed by atoms with Gasteiger partial charge in [0.25, 0.3) is 0 Å². The van der Waals surface area contributed by atoms with Crippen molar-refractivity contribution < 1.29 is 4.42 Å². The molecule has 0 radical (unpaired) electrons. The van der Waals surface area contributed by atoms with Crippen molar-refractivity contribution in [1.29, 1.82) is 0 Å². The number of benzene rings is 8. The van der Waals surface area contributed by atoms with Gasteiger partial charge in [-0.2, -0.15) is 0 Å². The first-order chi connectivity index (χ1) is 25.7. The maximum absolute atomic E-state index is 6.69. The Labute approximate surface area is 302 Å². The van der Waals surface area contributed by atoms with Gasteiger partial charge in [0.2, 0.25) is 0 Å². The minimum absolute atomic E-state index is 0.875. The molecule has 0 fully saturated rings. The number of hydrogen-bond donors (Lipinski definition) is 0. The molecule has 8 aromatic carbocycles. The maximum Gasteiger partial charge on any atom is 0.143 e. The fourth-order valence-electron chi connectivity index (χ4n) is 8.32. The van der Waals surface area contributed by atoms with E-state index in [0.29, 0.717) is 0 Å². The molecule has 246 valence electrons. The van der Waals surface area contributed by atoms with E-state index in [1.165, 1.54) is 43.9 Å². The highest BCUT2D eigenvalue weighted by Gasteiger charge is 2.27. The molecule has 0 N–H and O–H groups in total. The quantitative estimate of drug-likeness (QED) is 0.176. The van der Waals surface area contributed by atoms with Gasteiger partial charge in [0.1, 0.15) is 11.2 Å². The molecule has 52 heavy (non-hydrogen) atoms. The van der Waals surface area contributed by atoms with Gasteiger partial charge in [0.05, 0.1) is 11.4 Å². The van der Waals surface area contributed by atoms with Crippen molar-refractivity contribution in [3.8, 4) is 11.1 Å². The highest BCUT2D eigenvalue weighted by atomic mass is 16.3. The van der Waals surface area contributed by atoms with Crippen LogP contribution in [0.1, 0.15) is 28.7 Å². The summed E-state index contributed by atoms with van der Waals surface area (Å²) < 4.78 is 6.69. The number of anilines is 3. The molecule has 1 heterocycles. The molecule has 9 aromatic rings. The summed E-state index contributed by atoms with van der Waals surface area (Å²) >= 11 is 0. The second kappa shape index (κ2) is 12.0. The van der Waals surface area contributed by atoms with Crippen LogP contribution < -0.4 is 4.90 Å². The van der Waals surface area contributed by atoms with Gasteiger partial charge in [-0.15, -0.1) is 0 Å². The van der Waals surface area contributed by atoms with Crippen LogP contribution in [-0.2, 0) is 6.42 Å². The number of hydrogen-bond acceptors (Lipinski definition) is 2. The molecular formula is C50H35NO. The summed E-state index contributed by atoms with van der Waals surface area (Å²) in [7, 11) is 0. The molecule has 2 heteroatoms. The summed E-state index contributed by atoms with van der Waals surface area (Å²) in [5.74, 6) is 0. The zero-order chi connectivity index (χ0) is 34.8. The first kappa shape index (κ1) is 30.2. The molecular weight excluding hydrogens is 631 g/mol. The third kappa shape index (κ3) is 4.65. The predicted molar refractivity (Wildman–Crippen MR) is 224 cm³/mol. The lowest BCUT2D eigenvalue weighted by molar-refractivity contribution is 0.672. The topological polar surface area (TPSA) is 16.4 Å². The van der Waals surface area contributed by atoms with Gasteiger partial charge in [0.15, 0.2) is 0 Å². The molecule has 10 rings (SSSR count). The van der Waals surface area contributed by atoms with Crippen LogP contribution in [0.25, 0.3) is 83.6 Å². The van der Waals surface area contributed by atoms with E-state index in [9.17, 15) is 0 Å². The summed E-state index contributed by atoms with van der Waals surface area (Å²) in [4.78, 5) is 2.49. The Kier molecular flexibility index (Phi) is 6.97. The predicted octanol–water partition coefficient (Wildman–Crippen LogP) is 14.4. The lowest BCUT2D eigenvalue weighted by Gasteiger charge is -2.33. The third-order valence-corrected chi connectivity index (χ3v) is 10.8. The lowest BCUT2D eigenvalue weighted by atomic mass is 9.83. The van der Waals surface area contributed by atoms with Crippen molar-refractivity contribution in [2.45, 2.75) is 12.8 Å². The van der Waals surface area contributed by atoms with Gasteiger partial charge < -0.3 is 9.32 Å². The first-order valence-corrected chi connectivity index (χ1v) is 18.0. The number of furan rings is 1. The Morgan fingerprint density at radius 3 is 2.13 bits per heavy atom. The van der Waals surface area contributed by atoms with Crippen LogP contribution in [0.3, 0.4) is 0 Å². The van der Waals surface area contributed by atoms with Crippen molar-refractivity contribution in [3.63, 3.8) is 0 Å². The normalized spacial score (nSPS) is 12.5. The number of fused-ring (bicyclic) bond motifs is 9. The minimum atomic E-state index is 0.875. The molecule has 0 saturated carbocycles. The third-order valence-electron chi connectivity index (χ3n) is 10.8. The molecule has 1 aromatic heterocycles. The fraction of sp³-hybridized carbons (Fsp3) is 0.0400. The highest BCUT2D eigenvalue weighted by molar-refractivity contribution is 6.18. The molecule has 0 spiro atoms. The summed E-state index contributed by atoms with van der Waals surface area (Å²) in [6.45, 7) is 8.02. The molecule has 0 amide bonds. The summed E-state index contributed by atoms with van der Waals surface area (Å²) in [6, 6.07) is 50.7. The van der Waals surface area contributed by atoms with E-state index in [1.807, 2.05) is 12.2 Å². The number of nitrogens with zero attached hydrogens (tertiary/aromatic N) is 1. The molecule has 2 nitrogen and oxygen atoms in total. The zero-order valence-corrected chi connectivity index (χ0v) is 28.8. The smallest absolute Gasteiger partial charge is 0.143 e. The Morgan fingerprint density at radius 2 is 1.29 bits per heavy atom. The lowest BCUT2D eigenvalue weighted by Crippen LogP contribution is -2.15. The number of allylic oxidation sites excluding steroid dienone is 1. The highest BCUT2D eigenvalue weighted by Crippen LogP contribution is 2.51. The molecule has 0 saturated heterocycles. The average molecular weight is 666 g/mol. The van der Waals surface area contributed by atoms with Gasteiger partial charge in [0, 0.05) is 38.4 Å². The second-order valence-electron chi connectivity index (χ2n) is 13.7. The Bertz CT molecular complexity index is 2940. The molecule has 1 aliphatic rings. The second-order valence-corrected chi connectivity index (χ2v) is 13.7. The van der Waals surface area contributed by atoms with Crippen molar-refractivity contribution in [2.75, 3.05) is 4.90 Å². The Morgan fingerprint density at radius 1 is 0.577 bits per heavy atom. The van der Waals surface area contributed by atoms with Gasteiger partial charge in [-0.25, -0.2) is 0 Å². The van der Waals surface area contributed by atoms with Gasteiger partial charge in [-0.1, -0.05) is 135 Å². The van der Waals surface area contributed by atoms with Crippen molar-refractivity contribution in [2.24, 2.45) is 0 Å². The van der Waals surface area contributed by atoms with Crippen molar-refractivity contribution in [1.82, 2.24) is 0 Å². The van der Waals surface area contributed by atoms with E-state index in [0.717, 1.165) is 73.6 Å². The Balaban J connectivity index is 1.34. The Hall–Kier alpha value is -6.64. The first-order valence-electron chi connectivity index (χ1n) is 18.0. The van der Waals surface area contributed by atoms with E-state index in [1.54, 1.807) is 0 Å². The number of rotatable bonds is 6. The van der Waals surface area contributed by atoms with Crippen LogP contribution in [-0.4, -0.2) is 0 Å². The van der Waals surface area contributed by atoms with E-state index < -0.39 is 0 Å². The molecule has 0 bridgehead atoms. The van der Waals surface area contributed by atoms with E-state index in [-0.39, 0.29) is 0 Å². The summed E-state index contributed by atoms with van der Waals surface area (Å²) in [5.41, 5.74) is 12.3. The SMILES string of the molecule is C=Cc1ccc(N(c2c3c(c4ccccc4c2-c2ccc4ccc5c6ccc(C=C)cc6oc5c4c2)CCC=C3)c2cccc3ccccc23)cc1. The van der Waals surface area contributed by atoms with E-state index in [2.05, 4.69) is 170 Å². The van der Waals surface area contributed by atoms with Crippen LogP contribution in [0.5, 0.6) is 0 Å². The average Bonchev–Trinajstić information content (AvgIpc) is 3.59. The van der Waals surface area contributed by atoms with Gasteiger partial charge in [-0.3, -0.25) is 0 Å². The number of aryl methyl sites for hydroxylation is 1. The standard InChI is InChI=1S/C50H35NO/c1-3-32-20-26-37(27-21-32)51(46-19-11-13-34-12-5-6-14-38(34)46)49-43-18-10-8-16-40(43)39-15-7-9-17-42(39)48(49)36-24-23-35-25-29-44-41-28-22-33(4-2)30-47(41)52-50(44)45(35)31-36/h3-7,9-15,17-31H,1-2,8,16H2. The van der Waals surface area contributed by atoms with E-state index in [4.69, 9.17) is 4.42 Å². The molecule has 1 aliphatic carbocycles. The van der Waals surface area contributed by atoms with Crippen LogP contribution in [0.2, 0.25) is 0 Å². The molecule has 0 unspecified atom stereocenters. The largest absolute Gasteiger partial charge is 0.455 e. The summed E-state index contributed by atoms with van der Waals surface area (Å²) in [6.07, 6.45) is 10.5. The van der Waals surface area contributed by atoms with Crippen molar-refractivity contribution in [3.05, 3.63) is 181 Å². The molecule has 0 aliphatic heterocycles. The van der Waals surface area contributed by atoms with Gasteiger partial charge in [-0.05, 0) is 99.1 Å².